The van der Waals surface area contributed by atoms with Gasteiger partial charge in [0.1, 0.15) is 11.6 Å². The first-order chi connectivity index (χ1) is 15.5. The molecule has 5 rings (SSSR count). The molecule has 1 aliphatic heterocycles. The molecule has 5 heterocycles. The molecule has 0 aromatic carbocycles. The summed E-state index contributed by atoms with van der Waals surface area (Å²) in [6.07, 6.45) is 4.10. The van der Waals surface area contributed by atoms with Gasteiger partial charge in [-0.15, -0.1) is 0 Å². The average Bonchev–Trinajstić information content (AvgIpc) is 3.43. The standard InChI is InChI=1S/C23H28N8O/c1-14-10-24-12-20(14)32-13-18-11-25-30(4)23(18)17-5-6-31-19(8-17)9-22(29-31)28-21-7-15(2)26-16(3)27-21/h5-9,11,14,20,24H,10,12-13H2,1-4H3,(H,26,27,28,29)/t14-,20-/m0/s1. The van der Waals surface area contributed by atoms with Crippen LogP contribution in [0.15, 0.2) is 36.7 Å². The van der Waals surface area contributed by atoms with Gasteiger partial charge in [0.15, 0.2) is 5.82 Å². The third-order valence-electron chi connectivity index (χ3n) is 5.87. The molecule has 2 atom stereocenters. The molecule has 32 heavy (non-hydrogen) atoms. The fourth-order valence-corrected chi connectivity index (χ4v) is 4.28. The Labute approximate surface area is 186 Å². The highest BCUT2D eigenvalue weighted by Gasteiger charge is 2.24. The first-order valence-corrected chi connectivity index (χ1v) is 10.9. The second kappa shape index (κ2) is 8.33. The number of hydrogen-bond donors (Lipinski definition) is 2. The largest absolute Gasteiger partial charge is 0.372 e. The lowest BCUT2D eigenvalue weighted by atomic mass is 10.1. The zero-order valence-electron chi connectivity index (χ0n) is 18.8. The second-order valence-corrected chi connectivity index (χ2v) is 8.51. The number of anilines is 2. The van der Waals surface area contributed by atoms with Crippen molar-refractivity contribution in [1.29, 1.82) is 0 Å². The van der Waals surface area contributed by atoms with Crippen LogP contribution in [0.1, 0.15) is 24.0 Å². The Balaban J connectivity index is 1.40. The highest BCUT2D eigenvalue weighted by Crippen LogP contribution is 2.27. The molecule has 0 unspecified atom stereocenters. The topological polar surface area (TPSA) is 94.2 Å². The van der Waals surface area contributed by atoms with E-state index < -0.39 is 0 Å². The zero-order chi connectivity index (χ0) is 22.2. The number of rotatable bonds is 6. The molecule has 2 N–H and O–H groups in total. The molecule has 9 nitrogen and oxygen atoms in total. The van der Waals surface area contributed by atoms with Gasteiger partial charge >= 0.3 is 0 Å². The van der Waals surface area contributed by atoms with Crippen molar-refractivity contribution < 1.29 is 4.74 Å². The van der Waals surface area contributed by atoms with E-state index in [1.165, 1.54) is 0 Å². The molecule has 0 bridgehead atoms. The van der Waals surface area contributed by atoms with Crippen LogP contribution in [-0.2, 0) is 18.4 Å². The average molecular weight is 433 g/mol. The number of ether oxygens (including phenoxy) is 1. The van der Waals surface area contributed by atoms with Crippen LogP contribution in [0.3, 0.4) is 0 Å². The highest BCUT2D eigenvalue weighted by molar-refractivity contribution is 5.71. The van der Waals surface area contributed by atoms with Crippen LogP contribution in [0, 0.1) is 19.8 Å². The number of hydrogen-bond acceptors (Lipinski definition) is 7. The molecule has 0 radical (unpaired) electrons. The van der Waals surface area contributed by atoms with Crippen molar-refractivity contribution in [2.24, 2.45) is 13.0 Å². The first kappa shape index (κ1) is 20.6. The van der Waals surface area contributed by atoms with Gasteiger partial charge in [-0.3, -0.25) is 4.68 Å². The lowest BCUT2D eigenvalue weighted by Gasteiger charge is -2.15. The van der Waals surface area contributed by atoms with Crippen molar-refractivity contribution in [2.75, 3.05) is 18.4 Å². The van der Waals surface area contributed by atoms with Gasteiger partial charge in [0.2, 0.25) is 0 Å². The van der Waals surface area contributed by atoms with Crippen LogP contribution in [0.2, 0.25) is 0 Å². The first-order valence-electron chi connectivity index (χ1n) is 10.9. The molecular weight excluding hydrogens is 404 g/mol. The molecule has 1 fully saturated rings. The lowest BCUT2D eigenvalue weighted by Crippen LogP contribution is -2.20. The predicted octanol–water partition coefficient (Wildman–Crippen LogP) is 3.01. The normalized spacial score (nSPS) is 18.5. The SMILES string of the molecule is Cc1cc(Nc2cc3cc(-c4c(CO[C@H]5CNC[C@@H]5C)cnn4C)ccn3n2)nc(C)n1. The summed E-state index contributed by atoms with van der Waals surface area (Å²) in [5, 5.41) is 15.8. The number of aryl methyl sites for hydroxylation is 3. The second-order valence-electron chi connectivity index (χ2n) is 8.51. The van der Waals surface area contributed by atoms with Crippen LogP contribution in [-0.4, -0.2) is 48.6 Å². The van der Waals surface area contributed by atoms with Gasteiger partial charge in [-0.25, -0.2) is 14.5 Å². The van der Waals surface area contributed by atoms with Gasteiger partial charge in [-0.2, -0.15) is 10.2 Å². The van der Waals surface area contributed by atoms with E-state index in [2.05, 4.69) is 49.9 Å². The van der Waals surface area contributed by atoms with Crippen LogP contribution in [0.25, 0.3) is 16.8 Å². The van der Waals surface area contributed by atoms with E-state index in [0.29, 0.717) is 12.5 Å². The molecule has 0 amide bonds. The number of nitrogens with zero attached hydrogens (tertiary/aromatic N) is 6. The van der Waals surface area contributed by atoms with Crippen LogP contribution < -0.4 is 10.6 Å². The Morgan fingerprint density at radius 2 is 2.03 bits per heavy atom. The van der Waals surface area contributed by atoms with E-state index in [4.69, 9.17) is 4.74 Å². The van der Waals surface area contributed by atoms with Crippen LogP contribution >= 0.6 is 0 Å². The van der Waals surface area contributed by atoms with Crippen molar-refractivity contribution in [3.05, 3.63) is 53.7 Å². The molecule has 0 saturated carbocycles. The summed E-state index contributed by atoms with van der Waals surface area (Å²) in [4.78, 5) is 8.76. The molecule has 166 valence electrons. The fourth-order valence-electron chi connectivity index (χ4n) is 4.28. The molecule has 4 aromatic rings. The van der Waals surface area contributed by atoms with Crippen LogP contribution in [0.4, 0.5) is 11.6 Å². The highest BCUT2D eigenvalue weighted by atomic mass is 16.5. The Hall–Kier alpha value is -3.30. The Bertz CT molecular complexity index is 1240. The summed E-state index contributed by atoms with van der Waals surface area (Å²) in [7, 11) is 1.96. The molecule has 9 heteroatoms. The maximum Gasteiger partial charge on any atom is 0.154 e. The summed E-state index contributed by atoms with van der Waals surface area (Å²) in [6, 6.07) is 8.09. The number of pyridine rings is 1. The summed E-state index contributed by atoms with van der Waals surface area (Å²) >= 11 is 0. The van der Waals surface area contributed by atoms with E-state index in [1.807, 2.05) is 54.6 Å². The van der Waals surface area contributed by atoms with Gasteiger partial charge in [0, 0.05) is 55.3 Å². The van der Waals surface area contributed by atoms with Crippen molar-refractivity contribution >= 4 is 17.2 Å². The lowest BCUT2D eigenvalue weighted by molar-refractivity contribution is 0.0305. The third-order valence-corrected chi connectivity index (χ3v) is 5.87. The van der Waals surface area contributed by atoms with Crippen LogP contribution in [0.5, 0.6) is 0 Å². The molecular formula is C23H28N8O. The monoisotopic (exact) mass is 432 g/mol. The van der Waals surface area contributed by atoms with Crippen molar-refractivity contribution in [3.8, 4) is 11.3 Å². The van der Waals surface area contributed by atoms with Crippen molar-refractivity contribution in [2.45, 2.75) is 33.5 Å². The van der Waals surface area contributed by atoms with E-state index in [1.54, 1.807) is 0 Å². The van der Waals surface area contributed by atoms with Gasteiger partial charge in [-0.05, 0) is 31.9 Å². The van der Waals surface area contributed by atoms with E-state index >= 15 is 0 Å². The minimum absolute atomic E-state index is 0.239. The fraction of sp³-hybridized carbons (Fsp3) is 0.391. The minimum atomic E-state index is 0.239. The van der Waals surface area contributed by atoms with E-state index in [-0.39, 0.29) is 6.10 Å². The summed E-state index contributed by atoms with van der Waals surface area (Å²) in [5.41, 5.74) is 5.12. The van der Waals surface area contributed by atoms with Gasteiger partial charge in [0.05, 0.1) is 30.1 Å². The third kappa shape index (κ3) is 4.09. The Morgan fingerprint density at radius 3 is 2.81 bits per heavy atom. The molecule has 1 saturated heterocycles. The smallest absolute Gasteiger partial charge is 0.154 e. The summed E-state index contributed by atoms with van der Waals surface area (Å²) in [5.74, 6) is 2.72. The Kier molecular flexibility index (Phi) is 5.36. The van der Waals surface area contributed by atoms with Crippen molar-refractivity contribution in [3.63, 3.8) is 0 Å². The van der Waals surface area contributed by atoms with Gasteiger partial charge in [0.25, 0.3) is 0 Å². The molecule has 0 aliphatic carbocycles. The van der Waals surface area contributed by atoms with Crippen molar-refractivity contribution in [1.82, 2.24) is 34.7 Å². The van der Waals surface area contributed by atoms with E-state index in [9.17, 15) is 0 Å². The number of aromatic nitrogens is 6. The molecule has 1 aliphatic rings. The molecule has 4 aromatic heterocycles. The maximum atomic E-state index is 6.20. The zero-order valence-corrected chi connectivity index (χ0v) is 18.8. The number of fused-ring (bicyclic) bond motifs is 1. The van der Waals surface area contributed by atoms with E-state index in [0.717, 1.165) is 58.6 Å². The minimum Gasteiger partial charge on any atom is -0.372 e. The number of nitrogens with one attached hydrogen (secondary N) is 2. The molecule has 0 spiro atoms. The quantitative estimate of drug-likeness (QED) is 0.484. The summed E-state index contributed by atoms with van der Waals surface area (Å²) in [6.45, 7) is 8.51. The predicted molar refractivity (Wildman–Crippen MR) is 123 cm³/mol. The Morgan fingerprint density at radius 1 is 1.16 bits per heavy atom. The maximum absolute atomic E-state index is 6.20. The van der Waals surface area contributed by atoms with Gasteiger partial charge < -0.3 is 15.4 Å². The summed E-state index contributed by atoms with van der Waals surface area (Å²) < 4.78 is 9.96. The van der Waals surface area contributed by atoms with Gasteiger partial charge in [-0.1, -0.05) is 6.92 Å².